The largest absolute Gasteiger partial charge is 0.493 e. The molecule has 1 heterocycles. The molecule has 0 aromatic heterocycles. The Morgan fingerprint density at radius 3 is 2.43 bits per heavy atom. The lowest BCUT2D eigenvalue weighted by Crippen LogP contribution is -2.49. The van der Waals surface area contributed by atoms with E-state index in [2.05, 4.69) is 11.3 Å². The van der Waals surface area contributed by atoms with Crippen molar-refractivity contribution in [1.82, 2.24) is 4.31 Å². The lowest BCUT2D eigenvalue weighted by Gasteiger charge is -2.34. The van der Waals surface area contributed by atoms with Gasteiger partial charge in [0.2, 0.25) is 10.0 Å². The molecule has 1 aliphatic heterocycles. The van der Waals surface area contributed by atoms with Crippen LogP contribution in [0.1, 0.15) is 49.9 Å². The van der Waals surface area contributed by atoms with Crippen molar-refractivity contribution in [3.63, 3.8) is 0 Å². The number of piperidine rings is 1. The second kappa shape index (κ2) is 14.7. The SMILES string of the molecule is C=CS(=O)(=O)Nc1cccc([C@@H](CCc2ccc(OC)c(OC)c2)OC(=O)[C@@H]2CCCCN2S(=O)(=O)Cc2ccccc2)c1.[HH]. The van der Waals surface area contributed by atoms with Gasteiger partial charge >= 0.3 is 5.97 Å². The number of nitrogens with one attached hydrogen (secondary N) is 1. The molecule has 0 amide bonds. The maximum absolute atomic E-state index is 13.8. The van der Waals surface area contributed by atoms with Gasteiger partial charge < -0.3 is 14.2 Å². The fourth-order valence-electron chi connectivity index (χ4n) is 5.20. The number of ether oxygens (including phenoxy) is 3. The predicted octanol–water partition coefficient (Wildman–Crippen LogP) is 5.44. The molecule has 12 heteroatoms. The lowest BCUT2D eigenvalue weighted by molar-refractivity contribution is -0.155. The third-order valence-electron chi connectivity index (χ3n) is 7.41. The van der Waals surface area contributed by atoms with E-state index in [1.807, 2.05) is 18.2 Å². The second-order valence-corrected chi connectivity index (χ2v) is 14.0. The van der Waals surface area contributed by atoms with Gasteiger partial charge in [0.05, 0.1) is 20.0 Å². The van der Waals surface area contributed by atoms with Crippen molar-refractivity contribution in [3.05, 3.63) is 101 Å². The zero-order chi connectivity index (χ0) is 31.7. The van der Waals surface area contributed by atoms with Crippen LogP contribution in [0.25, 0.3) is 0 Å². The van der Waals surface area contributed by atoms with Gasteiger partial charge in [0.15, 0.2) is 11.5 Å². The van der Waals surface area contributed by atoms with Gasteiger partial charge in [0.25, 0.3) is 10.0 Å². The molecule has 1 fully saturated rings. The number of benzene rings is 3. The summed E-state index contributed by atoms with van der Waals surface area (Å²) < 4.78 is 71.7. The van der Waals surface area contributed by atoms with Crippen molar-refractivity contribution in [2.75, 3.05) is 25.5 Å². The average Bonchev–Trinajstić information content (AvgIpc) is 3.03. The van der Waals surface area contributed by atoms with Gasteiger partial charge in [-0.15, -0.1) is 0 Å². The van der Waals surface area contributed by atoms with E-state index in [1.54, 1.807) is 68.8 Å². The number of hydrogen-bond acceptors (Lipinski definition) is 8. The minimum absolute atomic E-state index is 0. The molecule has 0 radical (unpaired) electrons. The molecule has 1 aliphatic rings. The van der Waals surface area contributed by atoms with Crippen molar-refractivity contribution in [2.45, 2.75) is 50.0 Å². The van der Waals surface area contributed by atoms with Crippen molar-refractivity contribution >= 4 is 31.7 Å². The van der Waals surface area contributed by atoms with Crippen LogP contribution in [0, 0.1) is 0 Å². The van der Waals surface area contributed by atoms with Crippen molar-refractivity contribution in [1.29, 1.82) is 0 Å². The van der Waals surface area contributed by atoms with Gasteiger partial charge in [-0.05, 0) is 73.1 Å². The summed E-state index contributed by atoms with van der Waals surface area (Å²) in [6, 6.07) is 20.0. The van der Waals surface area contributed by atoms with Crippen LogP contribution < -0.4 is 14.2 Å². The summed E-state index contributed by atoms with van der Waals surface area (Å²) in [4.78, 5) is 13.8. The highest BCUT2D eigenvalue weighted by Crippen LogP contribution is 2.32. The van der Waals surface area contributed by atoms with Gasteiger partial charge in [0.1, 0.15) is 12.1 Å². The molecule has 3 aromatic rings. The summed E-state index contributed by atoms with van der Waals surface area (Å²) in [7, 11) is -4.48. The van der Waals surface area contributed by atoms with Crippen LogP contribution in [0.5, 0.6) is 11.5 Å². The molecule has 44 heavy (non-hydrogen) atoms. The quantitative estimate of drug-likeness (QED) is 0.230. The summed E-state index contributed by atoms with van der Waals surface area (Å²) in [5, 5.41) is 0.807. The lowest BCUT2D eigenvalue weighted by atomic mass is 10.00. The third-order valence-corrected chi connectivity index (χ3v) is 10.2. The molecule has 1 saturated heterocycles. The first-order valence-corrected chi connectivity index (χ1v) is 17.4. The van der Waals surface area contributed by atoms with E-state index in [-0.39, 0.29) is 19.4 Å². The van der Waals surface area contributed by atoms with Gasteiger partial charge in [-0.1, -0.05) is 55.1 Å². The molecule has 0 aliphatic carbocycles. The second-order valence-electron chi connectivity index (χ2n) is 10.5. The fraction of sp³-hybridized carbons (Fsp3) is 0.344. The first-order chi connectivity index (χ1) is 21.0. The number of rotatable bonds is 14. The molecule has 2 atom stereocenters. The van der Waals surface area contributed by atoms with E-state index < -0.39 is 38.2 Å². The Morgan fingerprint density at radius 1 is 0.977 bits per heavy atom. The molecule has 3 aromatic carbocycles. The molecule has 1 N–H and O–H groups in total. The zero-order valence-electron chi connectivity index (χ0n) is 24.8. The number of anilines is 1. The van der Waals surface area contributed by atoms with Gasteiger partial charge in [0, 0.05) is 19.1 Å². The van der Waals surface area contributed by atoms with Crippen molar-refractivity contribution < 1.29 is 37.3 Å². The van der Waals surface area contributed by atoms with Crippen LogP contribution in [0.2, 0.25) is 0 Å². The summed E-state index contributed by atoms with van der Waals surface area (Å²) in [6.45, 7) is 3.55. The number of nitrogens with zero attached hydrogens (tertiary/aromatic N) is 1. The Morgan fingerprint density at radius 2 is 1.73 bits per heavy atom. The van der Waals surface area contributed by atoms with E-state index in [0.29, 0.717) is 54.7 Å². The highest BCUT2D eigenvalue weighted by Gasteiger charge is 2.38. The van der Waals surface area contributed by atoms with E-state index in [9.17, 15) is 21.6 Å². The highest BCUT2D eigenvalue weighted by atomic mass is 32.2. The van der Waals surface area contributed by atoms with Crippen LogP contribution in [0.3, 0.4) is 0 Å². The maximum Gasteiger partial charge on any atom is 0.325 e. The number of aryl methyl sites for hydroxylation is 1. The topological polar surface area (TPSA) is 128 Å². The fourth-order valence-corrected chi connectivity index (χ4v) is 7.50. The van der Waals surface area contributed by atoms with E-state index in [0.717, 1.165) is 11.0 Å². The summed E-state index contributed by atoms with van der Waals surface area (Å²) in [5.74, 6) is 0.276. The van der Waals surface area contributed by atoms with Gasteiger partial charge in [-0.3, -0.25) is 9.52 Å². The molecule has 0 spiro atoms. The molecule has 4 rings (SSSR count). The molecular weight excluding hydrogens is 604 g/mol. The van der Waals surface area contributed by atoms with E-state index in [4.69, 9.17) is 14.2 Å². The number of esters is 1. The predicted molar refractivity (Wildman–Crippen MR) is 171 cm³/mol. The highest BCUT2D eigenvalue weighted by molar-refractivity contribution is 7.95. The Labute approximate surface area is 261 Å². The Bertz CT molecular complexity index is 1670. The molecule has 0 unspecified atom stereocenters. The Balaban J connectivity index is 0.00000552. The minimum atomic E-state index is -3.81. The van der Waals surface area contributed by atoms with Gasteiger partial charge in [-0.25, -0.2) is 16.8 Å². The van der Waals surface area contributed by atoms with Crippen molar-refractivity contribution in [3.8, 4) is 11.5 Å². The standard InChI is InChI=1S/C32H38N2O8S2.H2/c1-4-43(36,37)33-27-14-10-13-26(22-27)29(18-16-24-17-19-30(40-2)31(21-24)41-3)42-32(35)28-15-8-9-20-34(28)44(38,39)23-25-11-6-5-7-12-25;/h4-7,10-14,17,19,21-22,28-29,33H,1,8-9,15-16,18,20,23H2,2-3H3;1H/t28-,29+;/m0./s1. The molecule has 0 bridgehead atoms. The third kappa shape index (κ3) is 8.61. The number of carbonyl (C=O) groups excluding carboxylic acids is 1. The first kappa shape index (κ1) is 33.0. The monoisotopic (exact) mass is 644 g/mol. The van der Waals surface area contributed by atoms with Crippen LogP contribution in [-0.2, 0) is 41.8 Å². The minimum Gasteiger partial charge on any atom is -0.493 e. The Kier molecular flexibility index (Phi) is 11.1. The summed E-state index contributed by atoms with van der Waals surface area (Å²) in [5.41, 5.74) is 2.37. The number of methoxy groups -OCH3 is 2. The summed E-state index contributed by atoms with van der Waals surface area (Å²) >= 11 is 0. The molecule has 238 valence electrons. The number of sulfonamides is 2. The van der Waals surface area contributed by atoms with Crippen LogP contribution in [-0.4, -0.2) is 53.9 Å². The molecule has 10 nitrogen and oxygen atoms in total. The number of carbonyl (C=O) groups is 1. The number of hydrogen-bond donors (Lipinski definition) is 1. The molecule has 0 saturated carbocycles. The summed E-state index contributed by atoms with van der Waals surface area (Å²) in [6.07, 6.45) is 1.68. The Hall–Kier alpha value is -3.87. The first-order valence-electron chi connectivity index (χ1n) is 14.3. The van der Waals surface area contributed by atoms with E-state index in [1.165, 1.54) is 4.31 Å². The van der Waals surface area contributed by atoms with Crippen LogP contribution in [0.4, 0.5) is 5.69 Å². The zero-order valence-corrected chi connectivity index (χ0v) is 26.5. The van der Waals surface area contributed by atoms with E-state index >= 15 is 0 Å². The normalized spacial score (nSPS) is 16.5. The molecular formula is C32H40N2O8S2. The van der Waals surface area contributed by atoms with Gasteiger partial charge in [-0.2, -0.15) is 4.31 Å². The van der Waals surface area contributed by atoms with Crippen molar-refractivity contribution in [2.24, 2.45) is 0 Å². The van der Waals surface area contributed by atoms with Crippen LogP contribution >= 0.6 is 0 Å². The maximum atomic E-state index is 13.8. The van der Waals surface area contributed by atoms with Crippen LogP contribution in [0.15, 0.2) is 84.8 Å². The smallest absolute Gasteiger partial charge is 0.325 e. The average molecular weight is 645 g/mol.